The molecule has 128 valence electrons. The Morgan fingerprint density at radius 3 is 2.25 bits per heavy atom. The van der Waals surface area contributed by atoms with Crippen molar-refractivity contribution in [2.45, 2.75) is 24.9 Å². The average molecular weight is 362 g/mol. The molecule has 0 saturated carbocycles. The number of aromatic hydroxyl groups is 1. The summed E-state index contributed by atoms with van der Waals surface area (Å²) in [5.41, 5.74) is -0.315. The number of benzene rings is 1. The Labute approximate surface area is 138 Å². The molecule has 24 heavy (non-hydrogen) atoms. The van der Waals surface area contributed by atoms with Gasteiger partial charge in [-0.2, -0.15) is 21.6 Å². The Kier molecular flexibility index (Phi) is 6.34. The van der Waals surface area contributed by atoms with E-state index in [1.54, 1.807) is 0 Å². The molecule has 1 unspecified atom stereocenters. The Hall–Kier alpha value is -1.68. The molecule has 12 heteroatoms. The van der Waals surface area contributed by atoms with Gasteiger partial charge < -0.3 is 9.84 Å². The van der Waals surface area contributed by atoms with Crippen molar-refractivity contribution in [1.29, 1.82) is 0 Å². The zero-order valence-electron chi connectivity index (χ0n) is 12.1. The fourth-order valence-corrected chi connectivity index (χ4v) is 2.41. The summed E-state index contributed by atoms with van der Waals surface area (Å²) < 4.78 is 72.3. The van der Waals surface area contributed by atoms with Gasteiger partial charge >= 0.3 is 12.1 Å². The molecule has 4 radical (unpaired) electrons. The molecule has 1 atom stereocenters. The molecular formula is C12H11B2F3O6S. The number of phenolic OH excluding ortho intramolecular Hbond substituents is 1. The van der Waals surface area contributed by atoms with E-state index in [-0.39, 0.29) is 18.2 Å². The largest absolute Gasteiger partial charge is 0.507 e. The normalized spacial score (nSPS) is 13.5. The van der Waals surface area contributed by atoms with Crippen LogP contribution in [0.2, 0.25) is 0 Å². The van der Waals surface area contributed by atoms with Crippen LogP contribution in [0.1, 0.15) is 21.5 Å². The third kappa shape index (κ3) is 5.45. The van der Waals surface area contributed by atoms with Gasteiger partial charge in [-0.25, -0.2) is 4.79 Å². The third-order valence-electron chi connectivity index (χ3n) is 2.90. The number of halogens is 3. The molecule has 0 spiro atoms. The zero-order chi connectivity index (χ0) is 18.7. The molecule has 0 aliphatic carbocycles. The first-order valence-corrected chi connectivity index (χ1v) is 7.97. The van der Waals surface area contributed by atoms with Crippen LogP contribution in [0.5, 0.6) is 5.75 Å². The van der Waals surface area contributed by atoms with Crippen molar-refractivity contribution in [3.8, 4) is 5.75 Å². The summed E-state index contributed by atoms with van der Waals surface area (Å²) >= 11 is 0. The van der Waals surface area contributed by atoms with Gasteiger partial charge in [-0.3, -0.25) is 4.55 Å². The van der Waals surface area contributed by atoms with Crippen molar-refractivity contribution in [1.82, 2.24) is 0 Å². The first-order chi connectivity index (χ1) is 10.9. The van der Waals surface area contributed by atoms with Crippen LogP contribution < -0.4 is 0 Å². The number of phenols is 1. The molecule has 0 aliphatic heterocycles. The maximum atomic E-state index is 12.8. The van der Waals surface area contributed by atoms with E-state index < -0.39 is 45.4 Å². The summed E-state index contributed by atoms with van der Waals surface area (Å²) in [5.74, 6) is -4.21. The van der Waals surface area contributed by atoms with Crippen molar-refractivity contribution >= 4 is 31.8 Å². The van der Waals surface area contributed by atoms with Gasteiger partial charge in [0.1, 0.15) is 17.1 Å². The molecule has 6 nitrogen and oxygen atoms in total. The number of hydrogen-bond acceptors (Lipinski definition) is 5. The minimum Gasteiger partial charge on any atom is -0.507 e. The lowest BCUT2D eigenvalue weighted by Crippen LogP contribution is -2.39. The van der Waals surface area contributed by atoms with Crippen molar-refractivity contribution in [2.24, 2.45) is 0 Å². The maximum absolute atomic E-state index is 12.8. The summed E-state index contributed by atoms with van der Waals surface area (Å²) in [7, 11) is 5.66. The van der Waals surface area contributed by atoms with E-state index in [4.69, 9.17) is 20.2 Å². The van der Waals surface area contributed by atoms with E-state index >= 15 is 0 Å². The monoisotopic (exact) mass is 362 g/mol. The minimum absolute atomic E-state index is 0.0447. The van der Waals surface area contributed by atoms with E-state index in [0.717, 1.165) is 6.07 Å². The van der Waals surface area contributed by atoms with Crippen LogP contribution in [0.3, 0.4) is 0 Å². The fraction of sp³-hybridized carbons (Fsp3) is 0.417. The molecule has 0 amide bonds. The fourth-order valence-electron chi connectivity index (χ4n) is 1.77. The number of carbonyl (C=O) groups is 1. The van der Waals surface area contributed by atoms with Gasteiger partial charge in [0.05, 0.1) is 15.7 Å². The van der Waals surface area contributed by atoms with Crippen LogP contribution in [-0.4, -0.2) is 57.8 Å². The summed E-state index contributed by atoms with van der Waals surface area (Å²) in [6, 6.07) is 2.35. The van der Waals surface area contributed by atoms with Gasteiger partial charge in [0.15, 0.2) is 0 Å². The van der Waals surface area contributed by atoms with Gasteiger partial charge in [0, 0.05) is 0 Å². The SMILES string of the molecule is [B]Cc1cc(C[B])c(O)c(C(=O)OC(CS(=O)(=O)O)C(F)(F)F)c1. The Bertz CT molecular complexity index is 720. The van der Waals surface area contributed by atoms with Crippen LogP contribution >= 0.6 is 0 Å². The first kappa shape index (κ1) is 20.4. The average Bonchev–Trinajstić information content (AvgIpc) is 2.44. The predicted octanol–water partition coefficient (Wildman–Crippen LogP) is 0.705. The zero-order valence-corrected chi connectivity index (χ0v) is 12.9. The molecule has 1 aromatic rings. The highest BCUT2D eigenvalue weighted by atomic mass is 32.2. The quantitative estimate of drug-likeness (QED) is 0.439. The summed E-state index contributed by atoms with van der Waals surface area (Å²) in [5, 5.41) is 9.86. The lowest BCUT2D eigenvalue weighted by atomic mass is 9.88. The van der Waals surface area contributed by atoms with E-state index in [1.165, 1.54) is 6.07 Å². The van der Waals surface area contributed by atoms with Gasteiger partial charge in [0.25, 0.3) is 10.1 Å². The van der Waals surface area contributed by atoms with E-state index in [9.17, 15) is 31.5 Å². The van der Waals surface area contributed by atoms with Crippen LogP contribution in [-0.2, 0) is 27.5 Å². The Morgan fingerprint density at radius 2 is 1.83 bits per heavy atom. The topological polar surface area (TPSA) is 101 Å². The second-order valence-electron chi connectivity index (χ2n) is 4.74. The van der Waals surface area contributed by atoms with Crippen LogP contribution in [0, 0.1) is 0 Å². The molecule has 0 bridgehead atoms. The standard InChI is InChI=1S/C12H11B2F3O6S/c13-3-6-1-7(4-14)10(18)8(2-6)11(19)23-9(12(15,16)17)5-24(20,21)22/h1-2,9,18H,3-5H2,(H,20,21,22). The second kappa shape index (κ2) is 7.47. The second-order valence-corrected chi connectivity index (χ2v) is 6.24. The Balaban J connectivity index is 3.21. The molecule has 0 saturated heterocycles. The lowest BCUT2D eigenvalue weighted by molar-refractivity contribution is -0.197. The van der Waals surface area contributed by atoms with Gasteiger partial charge in [-0.15, -0.1) is 0 Å². The summed E-state index contributed by atoms with van der Waals surface area (Å²) in [6.07, 6.45) is -8.68. The highest BCUT2D eigenvalue weighted by Crippen LogP contribution is 2.29. The number of esters is 1. The Morgan fingerprint density at radius 1 is 1.25 bits per heavy atom. The molecule has 0 aromatic heterocycles. The van der Waals surface area contributed by atoms with Crippen molar-refractivity contribution < 1.29 is 40.8 Å². The molecule has 1 aromatic carbocycles. The van der Waals surface area contributed by atoms with E-state index in [1.807, 2.05) is 0 Å². The molecule has 1 rings (SSSR count). The number of rotatable bonds is 6. The predicted molar refractivity (Wildman–Crippen MR) is 78.7 cm³/mol. The number of ether oxygens (including phenoxy) is 1. The third-order valence-corrected chi connectivity index (χ3v) is 3.62. The summed E-state index contributed by atoms with van der Waals surface area (Å²) in [6.45, 7) is 0. The van der Waals surface area contributed by atoms with Gasteiger partial charge in [0.2, 0.25) is 6.10 Å². The van der Waals surface area contributed by atoms with E-state index in [2.05, 4.69) is 4.74 Å². The van der Waals surface area contributed by atoms with Crippen molar-refractivity contribution in [2.75, 3.05) is 5.75 Å². The highest BCUT2D eigenvalue weighted by molar-refractivity contribution is 7.85. The molecule has 2 N–H and O–H groups in total. The first-order valence-electron chi connectivity index (χ1n) is 6.36. The minimum atomic E-state index is -5.25. The van der Waals surface area contributed by atoms with Gasteiger partial charge in [-0.05, 0) is 11.6 Å². The molecule has 0 aliphatic rings. The lowest BCUT2D eigenvalue weighted by Gasteiger charge is -2.20. The highest BCUT2D eigenvalue weighted by Gasteiger charge is 2.45. The number of carbonyl (C=O) groups excluding carboxylic acids is 1. The molecule has 0 heterocycles. The van der Waals surface area contributed by atoms with Crippen LogP contribution in [0.4, 0.5) is 13.2 Å². The van der Waals surface area contributed by atoms with Crippen LogP contribution in [0.15, 0.2) is 12.1 Å². The molecular weight excluding hydrogens is 351 g/mol. The van der Waals surface area contributed by atoms with E-state index in [0.29, 0.717) is 5.56 Å². The number of alkyl halides is 3. The maximum Gasteiger partial charge on any atom is 0.426 e. The smallest absolute Gasteiger partial charge is 0.426 e. The van der Waals surface area contributed by atoms with Crippen molar-refractivity contribution in [3.05, 3.63) is 28.8 Å². The summed E-state index contributed by atoms with van der Waals surface area (Å²) in [4.78, 5) is 11.9. The van der Waals surface area contributed by atoms with Crippen LogP contribution in [0.25, 0.3) is 0 Å². The van der Waals surface area contributed by atoms with Crippen molar-refractivity contribution in [3.63, 3.8) is 0 Å². The number of hydrogen-bond donors (Lipinski definition) is 2. The van der Waals surface area contributed by atoms with Gasteiger partial charge in [-0.1, -0.05) is 24.3 Å². The molecule has 0 fully saturated rings.